The minimum atomic E-state index is -1.26. The number of hydrogen-bond acceptors (Lipinski definition) is 11. The van der Waals surface area contributed by atoms with Crippen molar-refractivity contribution in [1.29, 1.82) is 0 Å². The summed E-state index contributed by atoms with van der Waals surface area (Å²) in [5.41, 5.74) is 14.5. The summed E-state index contributed by atoms with van der Waals surface area (Å²) in [6.07, 6.45) is 7.06. The number of nitrogen functional groups attached to an aromatic ring is 2. The summed E-state index contributed by atoms with van der Waals surface area (Å²) in [5, 5.41) is 36.3. The predicted octanol–water partition coefficient (Wildman–Crippen LogP) is 3.06. The number of carboxylic acids is 2. The van der Waals surface area contributed by atoms with Gasteiger partial charge in [-0.15, -0.1) is 0 Å². The SMILES string of the molecule is COc1ccc(C2=NN(C3CCN(C(=O)C(C)NCC(O)c4cc(N)c(N)c(Cl)c4)CC3)C(=O)[C@@H]3CC=CC[C@H]23)cc1OC.O=C(O)C=CC(=O)O. The van der Waals surface area contributed by atoms with Crippen LogP contribution in [0.4, 0.5) is 11.4 Å². The molecule has 2 aromatic rings. The van der Waals surface area contributed by atoms with Gasteiger partial charge in [-0.3, -0.25) is 9.59 Å². The highest BCUT2D eigenvalue weighted by Crippen LogP contribution is 2.38. The van der Waals surface area contributed by atoms with E-state index < -0.39 is 24.1 Å². The monoisotopic (exact) mass is 740 g/mol. The predicted molar refractivity (Wildman–Crippen MR) is 195 cm³/mol. The van der Waals surface area contributed by atoms with Crippen LogP contribution in [0.25, 0.3) is 0 Å². The number of nitrogens with one attached hydrogen (secondary N) is 1. The van der Waals surface area contributed by atoms with Gasteiger partial charge < -0.3 is 46.5 Å². The van der Waals surface area contributed by atoms with E-state index in [2.05, 4.69) is 17.5 Å². The van der Waals surface area contributed by atoms with Crippen molar-refractivity contribution in [2.75, 3.05) is 45.3 Å². The Morgan fingerprint density at radius 3 is 2.19 bits per heavy atom. The molecule has 5 rings (SSSR count). The number of carbonyl (C=O) groups is 4. The van der Waals surface area contributed by atoms with Gasteiger partial charge in [-0.05, 0) is 68.5 Å². The molecular formula is C36H45ClN6O9. The van der Waals surface area contributed by atoms with Crippen LogP contribution in [0.2, 0.25) is 5.02 Å². The number of ether oxygens (including phenoxy) is 2. The molecule has 4 atom stereocenters. The number of hydrogen-bond donors (Lipinski definition) is 6. The van der Waals surface area contributed by atoms with E-state index in [1.54, 1.807) is 43.2 Å². The first kappa shape index (κ1) is 39.7. The van der Waals surface area contributed by atoms with E-state index in [0.29, 0.717) is 67.3 Å². The molecule has 1 saturated heterocycles. The van der Waals surface area contributed by atoms with E-state index in [-0.39, 0.29) is 46.9 Å². The van der Waals surface area contributed by atoms with Gasteiger partial charge in [0, 0.05) is 43.3 Å². The Morgan fingerprint density at radius 2 is 1.62 bits per heavy atom. The van der Waals surface area contributed by atoms with Gasteiger partial charge in [-0.2, -0.15) is 5.10 Å². The van der Waals surface area contributed by atoms with Gasteiger partial charge in [-0.1, -0.05) is 23.8 Å². The van der Waals surface area contributed by atoms with Gasteiger partial charge >= 0.3 is 11.9 Å². The summed E-state index contributed by atoms with van der Waals surface area (Å²) < 4.78 is 11.0. The van der Waals surface area contributed by atoms with Crippen LogP contribution in [-0.2, 0) is 19.2 Å². The standard InChI is InChI=1S/C32H41ClN6O5.C4H4O4/c1-18(36-17-26(40)20-14-24(33)29(35)25(34)15-20)31(41)38-12-10-21(11-13-38)39-32(42)23-7-5-4-6-22(23)30(37-39)19-8-9-27(43-2)28(16-19)44-3;5-3(6)1-2-4(7)8/h4-5,8-9,14-16,18,21-23,26,36,40H,6-7,10-13,17,34-35H2,1-3H3;1-2H,(H,5,6)(H,7,8)/t18?,22-,23+,26?;/m0./s1. The highest BCUT2D eigenvalue weighted by molar-refractivity contribution is 6.33. The summed E-state index contributed by atoms with van der Waals surface area (Å²) in [7, 11) is 3.20. The number of aliphatic hydroxyl groups excluding tert-OH is 1. The number of carbonyl (C=O) groups excluding carboxylic acids is 2. The number of piperidine rings is 1. The maximum atomic E-state index is 13.7. The molecule has 2 aromatic carbocycles. The van der Waals surface area contributed by atoms with Crippen molar-refractivity contribution in [3.63, 3.8) is 0 Å². The van der Waals surface area contributed by atoms with Crippen molar-refractivity contribution in [3.8, 4) is 11.5 Å². The van der Waals surface area contributed by atoms with Gasteiger partial charge in [0.1, 0.15) is 0 Å². The molecule has 0 radical (unpaired) electrons. The van der Waals surface area contributed by atoms with Gasteiger partial charge in [-0.25, -0.2) is 14.6 Å². The number of fused-ring (bicyclic) bond motifs is 1. The van der Waals surface area contributed by atoms with E-state index in [1.807, 2.05) is 18.2 Å². The average Bonchev–Trinajstić information content (AvgIpc) is 3.14. The molecule has 0 bridgehead atoms. The second-order valence-corrected chi connectivity index (χ2v) is 13.0. The number of hydrazone groups is 1. The lowest BCUT2D eigenvalue weighted by molar-refractivity contribution is -0.142. The molecule has 280 valence electrons. The minimum absolute atomic E-state index is 0.00787. The van der Waals surface area contributed by atoms with Crippen LogP contribution < -0.4 is 26.3 Å². The molecule has 15 nitrogen and oxygen atoms in total. The van der Waals surface area contributed by atoms with Gasteiger partial charge in [0.05, 0.1) is 60.4 Å². The minimum Gasteiger partial charge on any atom is -0.493 e. The molecule has 16 heteroatoms. The number of aliphatic hydroxyl groups is 1. The Labute approximate surface area is 306 Å². The number of carboxylic acid groups (broad SMARTS) is 2. The zero-order chi connectivity index (χ0) is 38.1. The van der Waals surface area contributed by atoms with Crippen LogP contribution in [0.3, 0.4) is 0 Å². The summed E-state index contributed by atoms with van der Waals surface area (Å²) in [4.78, 5) is 47.9. The van der Waals surface area contributed by atoms with Gasteiger partial charge in [0.2, 0.25) is 11.8 Å². The number of halogens is 1. The molecule has 52 heavy (non-hydrogen) atoms. The second-order valence-electron chi connectivity index (χ2n) is 12.6. The maximum absolute atomic E-state index is 13.7. The Kier molecular flexibility index (Phi) is 13.6. The van der Waals surface area contributed by atoms with Crippen LogP contribution in [-0.4, -0.2) is 101 Å². The largest absolute Gasteiger partial charge is 0.493 e. The first-order valence-electron chi connectivity index (χ1n) is 16.7. The normalized spacial score (nSPS) is 19.9. The lowest BCUT2D eigenvalue weighted by Crippen LogP contribution is -2.54. The number of aliphatic carboxylic acids is 2. The number of amides is 2. The fraction of sp³-hybridized carbons (Fsp3) is 0.417. The molecule has 2 heterocycles. The molecule has 1 fully saturated rings. The Hall–Kier alpha value is -5.12. The van der Waals surface area contributed by atoms with Gasteiger partial charge in [0.15, 0.2) is 11.5 Å². The summed E-state index contributed by atoms with van der Waals surface area (Å²) in [5.74, 6) is -1.48. The molecule has 2 unspecified atom stereocenters. The van der Waals surface area contributed by atoms with Crippen molar-refractivity contribution < 1.29 is 44.0 Å². The fourth-order valence-electron chi connectivity index (χ4n) is 6.42. The molecule has 0 saturated carbocycles. The molecule has 8 N–H and O–H groups in total. The smallest absolute Gasteiger partial charge is 0.328 e. The maximum Gasteiger partial charge on any atom is 0.328 e. The molecular weight excluding hydrogens is 696 g/mol. The average molecular weight is 741 g/mol. The van der Waals surface area contributed by atoms with Crippen molar-refractivity contribution in [3.05, 3.63) is 70.8 Å². The van der Waals surface area contributed by atoms with Crippen LogP contribution >= 0.6 is 11.6 Å². The number of allylic oxidation sites excluding steroid dienone is 2. The summed E-state index contributed by atoms with van der Waals surface area (Å²) >= 11 is 6.11. The highest BCUT2D eigenvalue weighted by atomic mass is 35.5. The lowest BCUT2D eigenvalue weighted by Gasteiger charge is -2.43. The Balaban J connectivity index is 0.000000677. The van der Waals surface area contributed by atoms with Crippen molar-refractivity contribution >= 4 is 52.4 Å². The third-order valence-corrected chi connectivity index (χ3v) is 9.58. The third kappa shape index (κ3) is 9.60. The first-order chi connectivity index (χ1) is 24.7. The summed E-state index contributed by atoms with van der Waals surface area (Å²) in [6.45, 7) is 2.91. The van der Waals surface area contributed by atoms with E-state index >= 15 is 0 Å². The quantitative estimate of drug-likeness (QED) is 0.111. The zero-order valence-electron chi connectivity index (χ0n) is 29.2. The number of anilines is 2. The van der Waals surface area contributed by atoms with E-state index in [4.69, 9.17) is 47.9 Å². The molecule has 2 amide bonds. The number of benzene rings is 2. The van der Waals surface area contributed by atoms with Gasteiger partial charge in [0.25, 0.3) is 0 Å². The second kappa shape index (κ2) is 17.9. The summed E-state index contributed by atoms with van der Waals surface area (Å²) in [6, 6.07) is 8.27. The number of likely N-dealkylation sites (tertiary alicyclic amines) is 1. The number of methoxy groups -OCH3 is 2. The third-order valence-electron chi connectivity index (χ3n) is 9.27. The molecule has 0 aromatic heterocycles. The molecule has 3 aliphatic rings. The van der Waals surface area contributed by atoms with E-state index in [0.717, 1.165) is 17.7 Å². The molecule has 2 aliphatic heterocycles. The van der Waals surface area contributed by atoms with E-state index in [9.17, 15) is 24.3 Å². The molecule has 0 spiro atoms. The highest BCUT2D eigenvalue weighted by Gasteiger charge is 2.43. The Bertz CT molecular complexity index is 1700. The lowest BCUT2D eigenvalue weighted by atomic mass is 9.76. The van der Waals surface area contributed by atoms with E-state index in [1.165, 1.54) is 0 Å². The van der Waals surface area contributed by atoms with Crippen molar-refractivity contribution in [1.82, 2.24) is 15.2 Å². The van der Waals surface area contributed by atoms with Crippen LogP contribution in [0, 0.1) is 11.8 Å². The molecule has 1 aliphatic carbocycles. The van der Waals surface area contributed by atoms with Crippen molar-refractivity contribution in [2.45, 2.75) is 50.8 Å². The number of rotatable bonds is 11. The number of nitrogens with zero attached hydrogens (tertiary/aromatic N) is 3. The first-order valence-corrected chi connectivity index (χ1v) is 17.1. The Morgan fingerprint density at radius 1 is 1.00 bits per heavy atom. The number of nitrogens with two attached hydrogens (primary N) is 2. The fourth-order valence-corrected chi connectivity index (χ4v) is 6.66. The van der Waals surface area contributed by atoms with Crippen LogP contribution in [0.15, 0.2) is 59.7 Å². The van der Waals surface area contributed by atoms with Crippen molar-refractivity contribution in [2.24, 2.45) is 16.9 Å². The van der Waals surface area contributed by atoms with Crippen LogP contribution in [0.5, 0.6) is 11.5 Å². The van der Waals surface area contributed by atoms with Crippen LogP contribution in [0.1, 0.15) is 49.8 Å². The topological polar surface area (TPSA) is 230 Å². The zero-order valence-corrected chi connectivity index (χ0v) is 30.0.